The highest BCUT2D eigenvalue weighted by Gasteiger charge is 2.24. The van der Waals surface area contributed by atoms with Crippen LogP contribution in [0.3, 0.4) is 0 Å². The number of hydrogen-bond acceptors (Lipinski definition) is 7. The molecule has 0 radical (unpaired) electrons. The van der Waals surface area contributed by atoms with Crippen LogP contribution in [0.25, 0.3) is 11.4 Å². The van der Waals surface area contributed by atoms with Crippen LogP contribution in [0, 0.1) is 0 Å². The number of carbonyl (C=O) groups excluding carboxylic acids is 1. The number of carbonyl (C=O) groups is 1. The number of methoxy groups -OCH3 is 1. The second-order valence-corrected chi connectivity index (χ2v) is 5.82. The van der Waals surface area contributed by atoms with Crippen molar-refractivity contribution in [2.45, 2.75) is 26.1 Å². The zero-order chi connectivity index (χ0) is 17.1. The van der Waals surface area contributed by atoms with Crippen molar-refractivity contribution < 1.29 is 14.3 Å². The molecule has 2 aromatic heterocycles. The largest absolute Gasteiger partial charge is 0.479 e. The molecule has 7 nitrogen and oxygen atoms in total. The van der Waals surface area contributed by atoms with E-state index < -0.39 is 0 Å². The molecule has 0 saturated carbocycles. The van der Waals surface area contributed by atoms with E-state index in [0.717, 1.165) is 25.1 Å². The Hall–Kier alpha value is -2.54. The minimum atomic E-state index is 0.105. The van der Waals surface area contributed by atoms with Crippen LogP contribution < -0.4 is 9.64 Å². The molecule has 1 saturated heterocycles. The lowest BCUT2D eigenvalue weighted by Crippen LogP contribution is -2.45. The molecule has 2 atom stereocenters. The van der Waals surface area contributed by atoms with Gasteiger partial charge in [-0.15, -0.1) is 0 Å². The average molecular weight is 328 g/mol. The summed E-state index contributed by atoms with van der Waals surface area (Å²) in [6, 6.07) is 1.72. The zero-order valence-electron chi connectivity index (χ0n) is 14.0. The van der Waals surface area contributed by atoms with E-state index in [9.17, 15) is 4.79 Å². The Bertz CT molecular complexity index is 728. The molecule has 7 heteroatoms. The van der Waals surface area contributed by atoms with Crippen molar-refractivity contribution >= 4 is 12.0 Å². The maximum Gasteiger partial charge on any atom is 0.241 e. The zero-order valence-corrected chi connectivity index (χ0v) is 14.0. The predicted molar refractivity (Wildman–Crippen MR) is 89.4 cm³/mol. The first kappa shape index (κ1) is 16.3. The molecule has 0 spiro atoms. The van der Waals surface area contributed by atoms with E-state index in [4.69, 9.17) is 9.47 Å². The number of aldehydes is 1. The van der Waals surface area contributed by atoms with E-state index in [2.05, 4.69) is 19.9 Å². The Labute approximate surface area is 140 Å². The number of pyridine rings is 1. The van der Waals surface area contributed by atoms with Crippen molar-refractivity contribution in [1.29, 1.82) is 0 Å². The molecule has 2 aromatic rings. The van der Waals surface area contributed by atoms with Crippen LogP contribution in [-0.2, 0) is 4.74 Å². The number of morpholine rings is 1. The van der Waals surface area contributed by atoms with Gasteiger partial charge in [0.1, 0.15) is 0 Å². The minimum Gasteiger partial charge on any atom is -0.479 e. The fraction of sp³-hybridized carbons (Fsp3) is 0.412. The first-order chi connectivity index (χ1) is 11.6. The van der Waals surface area contributed by atoms with Crippen molar-refractivity contribution in [3.63, 3.8) is 0 Å². The molecule has 0 N–H and O–H groups in total. The van der Waals surface area contributed by atoms with Crippen molar-refractivity contribution in [3.8, 4) is 17.3 Å². The van der Waals surface area contributed by atoms with Gasteiger partial charge in [-0.1, -0.05) is 0 Å². The molecule has 3 rings (SSSR count). The fourth-order valence-electron chi connectivity index (χ4n) is 2.98. The SMILES string of the molecule is COc1nccnc1-c1cc(C=O)c(N2C[C@@H](C)O[C@@H](C)C2)cn1. The summed E-state index contributed by atoms with van der Waals surface area (Å²) in [5.41, 5.74) is 2.44. The van der Waals surface area contributed by atoms with Crippen LogP contribution in [0.4, 0.5) is 5.69 Å². The van der Waals surface area contributed by atoms with Gasteiger partial charge in [0, 0.05) is 31.0 Å². The normalized spacial score (nSPS) is 20.7. The second kappa shape index (κ2) is 6.92. The predicted octanol–water partition coefficient (Wildman–Crippen LogP) is 1.97. The molecule has 3 heterocycles. The summed E-state index contributed by atoms with van der Waals surface area (Å²) in [6.45, 7) is 5.49. The first-order valence-corrected chi connectivity index (χ1v) is 7.83. The van der Waals surface area contributed by atoms with Crippen LogP contribution in [0.2, 0.25) is 0 Å². The average Bonchev–Trinajstić information content (AvgIpc) is 2.60. The monoisotopic (exact) mass is 328 g/mol. The number of nitrogens with zero attached hydrogens (tertiary/aromatic N) is 4. The van der Waals surface area contributed by atoms with E-state index >= 15 is 0 Å². The number of hydrogen-bond donors (Lipinski definition) is 0. The number of aromatic nitrogens is 3. The molecule has 0 amide bonds. The lowest BCUT2D eigenvalue weighted by atomic mass is 10.1. The number of ether oxygens (including phenoxy) is 2. The lowest BCUT2D eigenvalue weighted by molar-refractivity contribution is -0.00527. The van der Waals surface area contributed by atoms with E-state index in [0.29, 0.717) is 22.8 Å². The summed E-state index contributed by atoms with van der Waals surface area (Å²) in [6.07, 6.45) is 5.88. The minimum absolute atomic E-state index is 0.105. The van der Waals surface area contributed by atoms with Crippen molar-refractivity contribution in [1.82, 2.24) is 15.0 Å². The summed E-state index contributed by atoms with van der Waals surface area (Å²) in [7, 11) is 1.53. The van der Waals surface area contributed by atoms with Crippen LogP contribution >= 0.6 is 0 Å². The van der Waals surface area contributed by atoms with Gasteiger partial charge in [-0.2, -0.15) is 0 Å². The van der Waals surface area contributed by atoms with Gasteiger partial charge in [-0.05, 0) is 19.9 Å². The van der Waals surface area contributed by atoms with Crippen LogP contribution in [0.1, 0.15) is 24.2 Å². The van der Waals surface area contributed by atoms with E-state index in [1.165, 1.54) is 7.11 Å². The molecular weight excluding hydrogens is 308 g/mol. The summed E-state index contributed by atoms with van der Waals surface area (Å²) < 4.78 is 11.0. The lowest BCUT2D eigenvalue weighted by Gasteiger charge is -2.37. The van der Waals surface area contributed by atoms with Gasteiger partial charge in [-0.25, -0.2) is 9.97 Å². The third-order valence-electron chi connectivity index (χ3n) is 3.90. The summed E-state index contributed by atoms with van der Waals surface area (Å²) in [4.78, 5) is 26.6. The van der Waals surface area contributed by atoms with Crippen molar-refractivity contribution in [3.05, 3.63) is 30.2 Å². The molecule has 1 aliphatic rings. The number of rotatable bonds is 4. The third-order valence-corrected chi connectivity index (χ3v) is 3.90. The van der Waals surface area contributed by atoms with Crippen molar-refractivity contribution in [2.75, 3.05) is 25.1 Å². The molecule has 0 bridgehead atoms. The Balaban J connectivity index is 1.98. The van der Waals surface area contributed by atoms with Gasteiger partial charge in [0.25, 0.3) is 0 Å². The van der Waals surface area contributed by atoms with Gasteiger partial charge < -0.3 is 14.4 Å². The third kappa shape index (κ3) is 3.21. The van der Waals surface area contributed by atoms with E-state index in [-0.39, 0.29) is 12.2 Å². The molecule has 24 heavy (non-hydrogen) atoms. The Morgan fingerprint density at radius 3 is 2.58 bits per heavy atom. The smallest absolute Gasteiger partial charge is 0.241 e. The molecule has 0 unspecified atom stereocenters. The first-order valence-electron chi connectivity index (χ1n) is 7.83. The molecule has 0 aliphatic carbocycles. The molecule has 0 aromatic carbocycles. The van der Waals surface area contributed by atoms with Gasteiger partial charge in [0.05, 0.1) is 36.9 Å². The highest BCUT2D eigenvalue weighted by molar-refractivity contribution is 5.86. The summed E-state index contributed by atoms with van der Waals surface area (Å²) in [5.74, 6) is 0.378. The maximum atomic E-state index is 11.6. The summed E-state index contributed by atoms with van der Waals surface area (Å²) >= 11 is 0. The quantitative estimate of drug-likeness (QED) is 0.794. The fourth-order valence-corrected chi connectivity index (χ4v) is 2.98. The highest BCUT2D eigenvalue weighted by atomic mass is 16.5. The van der Waals surface area contributed by atoms with E-state index in [1.54, 1.807) is 24.7 Å². The Morgan fingerprint density at radius 1 is 1.21 bits per heavy atom. The topological polar surface area (TPSA) is 77.4 Å². The summed E-state index contributed by atoms with van der Waals surface area (Å²) in [5, 5.41) is 0. The van der Waals surface area contributed by atoms with Gasteiger partial charge in [0.2, 0.25) is 5.88 Å². The molecular formula is C17H20N4O3. The molecule has 126 valence electrons. The van der Waals surface area contributed by atoms with Crippen molar-refractivity contribution in [2.24, 2.45) is 0 Å². The van der Waals surface area contributed by atoms with Gasteiger partial charge >= 0.3 is 0 Å². The Kier molecular flexibility index (Phi) is 4.71. The Morgan fingerprint density at radius 2 is 1.92 bits per heavy atom. The van der Waals surface area contributed by atoms with Gasteiger partial charge in [0.15, 0.2) is 12.0 Å². The van der Waals surface area contributed by atoms with Crippen LogP contribution in [-0.4, -0.2) is 53.6 Å². The van der Waals surface area contributed by atoms with E-state index in [1.807, 2.05) is 13.8 Å². The van der Waals surface area contributed by atoms with Crippen LogP contribution in [0.5, 0.6) is 5.88 Å². The molecule has 1 aliphatic heterocycles. The second-order valence-electron chi connectivity index (χ2n) is 5.82. The van der Waals surface area contributed by atoms with Gasteiger partial charge in [-0.3, -0.25) is 9.78 Å². The number of anilines is 1. The maximum absolute atomic E-state index is 11.6. The van der Waals surface area contributed by atoms with Crippen LogP contribution in [0.15, 0.2) is 24.7 Å². The standard InChI is InChI=1S/C17H20N4O3/c1-11-8-21(9-12(2)24-11)15-7-20-14(6-13(15)10-22)16-17(23-3)19-5-4-18-16/h4-7,10-12H,8-9H2,1-3H3/t11-,12+. The molecule has 1 fully saturated rings. The highest BCUT2D eigenvalue weighted by Crippen LogP contribution is 2.29.